The van der Waals surface area contributed by atoms with E-state index in [0.29, 0.717) is 0 Å². The molecule has 1 heterocycles. The van der Waals surface area contributed by atoms with E-state index in [4.69, 9.17) is 4.74 Å². The lowest BCUT2D eigenvalue weighted by Crippen LogP contribution is -1.91. The van der Waals surface area contributed by atoms with Crippen LogP contribution in [0.2, 0.25) is 0 Å². The maximum absolute atomic E-state index is 5.91. The normalized spacial score (nSPS) is 10.9. The minimum absolute atomic E-state index is 0.781. The quantitative estimate of drug-likeness (QED) is 0.721. The van der Waals surface area contributed by atoms with Gasteiger partial charge in [-0.15, -0.1) is 5.10 Å². The molecule has 3 aromatic rings. The summed E-state index contributed by atoms with van der Waals surface area (Å²) in [5.74, 6) is 1.63. The van der Waals surface area contributed by atoms with E-state index in [1.165, 1.54) is 0 Å². The molecule has 19 heavy (non-hydrogen) atoms. The molecule has 0 atom stereocenters. The summed E-state index contributed by atoms with van der Waals surface area (Å²) in [7, 11) is 1.87. The van der Waals surface area contributed by atoms with E-state index in [1.807, 2.05) is 50.4 Å². The van der Waals surface area contributed by atoms with Gasteiger partial charge in [0.05, 0.1) is 5.52 Å². The third kappa shape index (κ3) is 2.33. The molecule has 1 aromatic heterocycles. The largest absolute Gasteiger partial charge is 0.457 e. The molecule has 2 aromatic carbocycles. The van der Waals surface area contributed by atoms with Gasteiger partial charge in [-0.25, -0.2) is 4.68 Å². The molecule has 0 aliphatic carbocycles. The molecule has 0 bridgehead atoms. The lowest BCUT2D eigenvalue weighted by molar-refractivity contribution is 0.479. The summed E-state index contributed by atoms with van der Waals surface area (Å²) in [5, 5.41) is 8.02. The van der Waals surface area contributed by atoms with Crippen LogP contribution >= 0.6 is 15.9 Å². The second-order valence-electron chi connectivity index (χ2n) is 4.38. The molecule has 5 heteroatoms. The van der Waals surface area contributed by atoms with Crippen molar-refractivity contribution >= 4 is 27.0 Å². The van der Waals surface area contributed by atoms with Gasteiger partial charge in [-0.3, -0.25) is 0 Å². The zero-order chi connectivity index (χ0) is 13.4. The fourth-order valence-electron chi connectivity index (χ4n) is 1.93. The Morgan fingerprint density at radius 2 is 2.00 bits per heavy atom. The molecule has 0 saturated heterocycles. The number of hydrogen-bond acceptors (Lipinski definition) is 3. The third-order valence-corrected chi connectivity index (χ3v) is 3.44. The van der Waals surface area contributed by atoms with Crippen LogP contribution in [0.1, 0.15) is 5.56 Å². The molecule has 0 radical (unpaired) electrons. The van der Waals surface area contributed by atoms with Crippen LogP contribution in [-0.2, 0) is 7.05 Å². The number of rotatable bonds is 2. The van der Waals surface area contributed by atoms with E-state index in [2.05, 4.69) is 26.2 Å². The Morgan fingerprint density at radius 3 is 2.79 bits per heavy atom. The van der Waals surface area contributed by atoms with E-state index >= 15 is 0 Å². The first-order chi connectivity index (χ1) is 9.13. The average Bonchev–Trinajstić information content (AvgIpc) is 2.75. The minimum Gasteiger partial charge on any atom is -0.457 e. The molecule has 0 saturated carbocycles. The van der Waals surface area contributed by atoms with Gasteiger partial charge in [0.1, 0.15) is 17.0 Å². The molecule has 4 nitrogen and oxygen atoms in total. The van der Waals surface area contributed by atoms with Gasteiger partial charge in [0, 0.05) is 17.6 Å². The van der Waals surface area contributed by atoms with Crippen molar-refractivity contribution in [2.45, 2.75) is 6.92 Å². The highest BCUT2D eigenvalue weighted by Crippen LogP contribution is 2.28. The van der Waals surface area contributed by atoms with Gasteiger partial charge in [-0.05, 0) is 42.8 Å². The van der Waals surface area contributed by atoms with E-state index in [1.54, 1.807) is 4.68 Å². The number of aryl methyl sites for hydroxylation is 2. The Kier molecular flexibility index (Phi) is 2.98. The van der Waals surface area contributed by atoms with Crippen molar-refractivity contribution in [1.29, 1.82) is 0 Å². The van der Waals surface area contributed by atoms with E-state index in [0.717, 1.165) is 32.6 Å². The van der Waals surface area contributed by atoms with Crippen molar-refractivity contribution in [3.63, 3.8) is 0 Å². The molecule has 0 amide bonds. The number of fused-ring (bicyclic) bond motifs is 1. The summed E-state index contributed by atoms with van der Waals surface area (Å²) < 4.78 is 8.68. The summed E-state index contributed by atoms with van der Waals surface area (Å²) >= 11 is 3.44. The monoisotopic (exact) mass is 317 g/mol. The lowest BCUT2D eigenvalue weighted by atomic mass is 10.2. The van der Waals surface area contributed by atoms with Crippen LogP contribution in [0.25, 0.3) is 11.0 Å². The average molecular weight is 318 g/mol. The number of aromatic nitrogens is 3. The summed E-state index contributed by atoms with van der Waals surface area (Å²) in [5.41, 5.74) is 2.90. The minimum atomic E-state index is 0.781. The second-order valence-corrected chi connectivity index (χ2v) is 5.29. The van der Waals surface area contributed by atoms with E-state index < -0.39 is 0 Å². The first kappa shape index (κ1) is 12.2. The van der Waals surface area contributed by atoms with Gasteiger partial charge in [0.25, 0.3) is 0 Å². The SMILES string of the molecule is Cc1cc(Br)ccc1Oc1ccc2nnn(C)c2c1. The number of hydrogen-bond donors (Lipinski definition) is 0. The first-order valence-corrected chi connectivity index (χ1v) is 6.66. The van der Waals surface area contributed by atoms with E-state index in [-0.39, 0.29) is 0 Å². The number of nitrogens with zero attached hydrogens (tertiary/aromatic N) is 3. The number of ether oxygens (including phenoxy) is 1. The van der Waals surface area contributed by atoms with Crippen LogP contribution in [0.4, 0.5) is 0 Å². The smallest absolute Gasteiger partial charge is 0.130 e. The molecule has 0 aliphatic rings. The molecule has 3 rings (SSSR count). The Bertz CT molecular complexity index is 752. The van der Waals surface area contributed by atoms with Gasteiger partial charge in [-0.2, -0.15) is 0 Å². The number of halogens is 1. The van der Waals surface area contributed by atoms with Gasteiger partial charge in [0.2, 0.25) is 0 Å². The molecule has 96 valence electrons. The Labute approximate surface area is 119 Å². The summed E-state index contributed by atoms with van der Waals surface area (Å²) in [6.45, 7) is 2.02. The van der Waals surface area contributed by atoms with E-state index in [9.17, 15) is 0 Å². The predicted molar refractivity (Wildman–Crippen MR) is 77.5 cm³/mol. The van der Waals surface area contributed by atoms with Crippen molar-refractivity contribution in [1.82, 2.24) is 15.0 Å². The Balaban J connectivity index is 1.98. The molecule has 0 aliphatic heterocycles. The predicted octanol–water partition coefficient (Wildman–Crippen LogP) is 3.83. The van der Waals surface area contributed by atoms with Crippen molar-refractivity contribution in [3.05, 3.63) is 46.4 Å². The summed E-state index contributed by atoms with van der Waals surface area (Å²) in [4.78, 5) is 0. The van der Waals surface area contributed by atoms with Crippen LogP contribution in [0.15, 0.2) is 40.9 Å². The topological polar surface area (TPSA) is 39.9 Å². The maximum atomic E-state index is 5.91. The van der Waals surface area contributed by atoms with Crippen LogP contribution in [0.5, 0.6) is 11.5 Å². The highest BCUT2D eigenvalue weighted by atomic mass is 79.9. The van der Waals surface area contributed by atoms with Crippen molar-refractivity contribution < 1.29 is 4.74 Å². The zero-order valence-corrected chi connectivity index (χ0v) is 12.2. The lowest BCUT2D eigenvalue weighted by Gasteiger charge is -2.09. The van der Waals surface area contributed by atoms with Crippen molar-refractivity contribution in [2.75, 3.05) is 0 Å². The zero-order valence-electron chi connectivity index (χ0n) is 10.6. The first-order valence-electron chi connectivity index (χ1n) is 5.87. The van der Waals surface area contributed by atoms with Crippen LogP contribution in [-0.4, -0.2) is 15.0 Å². The molecule has 0 fully saturated rings. The van der Waals surface area contributed by atoms with Crippen molar-refractivity contribution in [2.24, 2.45) is 7.05 Å². The highest BCUT2D eigenvalue weighted by Gasteiger charge is 2.06. The molecular weight excluding hydrogens is 306 g/mol. The highest BCUT2D eigenvalue weighted by molar-refractivity contribution is 9.10. The van der Waals surface area contributed by atoms with Gasteiger partial charge >= 0.3 is 0 Å². The summed E-state index contributed by atoms with van der Waals surface area (Å²) in [6, 6.07) is 11.7. The Morgan fingerprint density at radius 1 is 1.16 bits per heavy atom. The van der Waals surface area contributed by atoms with Gasteiger partial charge in [-0.1, -0.05) is 21.1 Å². The fourth-order valence-corrected chi connectivity index (χ4v) is 2.40. The van der Waals surface area contributed by atoms with Gasteiger partial charge < -0.3 is 4.74 Å². The molecular formula is C14H12BrN3O. The Hall–Kier alpha value is -1.88. The van der Waals surface area contributed by atoms with Gasteiger partial charge in [0.15, 0.2) is 0 Å². The summed E-state index contributed by atoms with van der Waals surface area (Å²) in [6.07, 6.45) is 0. The second kappa shape index (κ2) is 4.66. The standard InChI is InChI=1S/C14H12BrN3O/c1-9-7-10(15)3-6-14(9)19-11-4-5-12-13(8-11)18(2)17-16-12/h3-8H,1-2H3. The molecule has 0 spiro atoms. The number of benzene rings is 2. The van der Waals surface area contributed by atoms with Crippen molar-refractivity contribution in [3.8, 4) is 11.5 Å². The fraction of sp³-hybridized carbons (Fsp3) is 0.143. The molecule has 0 unspecified atom stereocenters. The van der Waals surface area contributed by atoms with Crippen LogP contribution in [0, 0.1) is 6.92 Å². The molecule has 0 N–H and O–H groups in total. The van der Waals surface area contributed by atoms with Crippen LogP contribution < -0.4 is 4.74 Å². The van der Waals surface area contributed by atoms with Crippen LogP contribution in [0.3, 0.4) is 0 Å². The third-order valence-electron chi connectivity index (χ3n) is 2.95. The maximum Gasteiger partial charge on any atom is 0.130 e.